The number of carbonyl (C=O) groups is 1. The Balaban J connectivity index is 1.71. The maximum absolute atomic E-state index is 13.1. The van der Waals surface area contributed by atoms with Crippen LogP contribution < -0.4 is 0 Å². The SMILES string of the molecule is O=C(N1C[C@]23C=C[C@H](C[C@@H]2CC12CCCCC2)O3)C(F)(F)F. The van der Waals surface area contributed by atoms with Gasteiger partial charge in [-0.15, -0.1) is 0 Å². The summed E-state index contributed by atoms with van der Waals surface area (Å²) < 4.78 is 45.2. The van der Waals surface area contributed by atoms with Gasteiger partial charge in [-0.3, -0.25) is 4.79 Å². The van der Waals surface area contributed by atoms with E-state index in [0.717, 1.165) is 30.6 Å². The average molecular weight is 315 g/mol. The van der Waals surface area contributed by atoms with E-state index in [1.54, 1.807) is 0 Å². The second-order valence-corrected chi connectivity index (χ2v) is 7.28. The van der Waals surface area contributed by atoms with Crippen molar-refractivity contribution in [2.75, 3.05) is 6.54 Å². The molecule has 0 unspecified atom stereocenters. The molecule has 2 bridgehead atoms. The van der Waals surface area contributed by atoms with E-state index in [1.165, 1.54) is 0 Å². The molecule has 6 heteroatoms. The first-order valence-corrected chi connectivity index (χ1v) is 8.11. The average Bonchev–Trinajstić information content (AvgIpc) is 3.02. The summed E-state index contributed by atoms with van der Waals surface area (Å²) >= 11 is 0. The number of piperidine rings is 1. The van der Waals surface area contributed by atoms with Gasteiger partial charge in [0.05, 0.1) is 12.6 Å². The van der Waals surface area contributed by atoms with E-state index >= 15 is 0 Å². The standard InChI is InChI=1S/C16H20F3NO2/c17-16(18,19)13(21)20-10-15-7-4-12(22-15)8-11(15)9-14(20)5-2-1-3-6-14/h4,7,11-12H,1-3,5-6,8-10H2/t11-,12-,15-/m1/s1. The quantitative estimate of drug-likeness (QED) is 0.643. The van der Waals surface area contributed by atoms with Gasteiger partial charge in [-0.05, 0) is 31.6 Å². The van der Waals surface area contributed by atoms with Crippen molar-refractivity contribution in [3.63, 3.8) is 0 Å². The van der Waals surface area contributed by atoms with Gasteiger partial charge < -0.3 is 9.64 Å². The highest BCUT2D eigenvalue weighted by Gasteiger charge is 2.62. The third kappa shape index (κ3) is 1.95. The topological polar surface area (TPSA) is 29.5 Å². The van der Waals surface area contributed by atoms with Crippen LogP contribution in [0, 0.1) is 5.92 Å². The lowest BCUT2D eigenvalue weighted by molar-refractivity contribution is -0.203. The Kier molecular flexibility index (Phi) is 2.97. The number of fused-ring (bicyclic) bond motifs is 1. The van der Waals surface area contributed by atoms with Gasteiger partial charge in [0.2, 0.25) is 0 Å². The van der Waals surface area contributed by atoms with Crippen molar-refractivity contribution in [2.24, 2.45) is 5.92 Å². The van der Waals surface area contributed by atoms with E-state index in [0.29, 0.717) is 19.3 Å². The van der Waals surface area contributed by atoms with Gasteiger partial charge in [-0.2, -0.15) is 13.2 Å². The van der Waals surface area contributed by atoms with Gasteiger partial charge in [-0.1, -0.05) is 31.4 Å². The molecule has 0 aromatic rings. The molecule has 3 aliphatic heterocycles. The number of likely N-dealkylation sites (tertiary alicyclic amines) is 1. The summed E-state index contributed by atoms with van der Waals surface area (Å²) in [5.74, 6) is -1.44. The summed E-state index contributed by atoms with van der Waals surface area (Å²) in [5, 5.41) is 0. The molecule has 122 valence electrons. The summed E-state index contributed by atoms with van der Waals surface area (Å²) in [4.78, 5) is 13.2. The first-order chi connectivity index (χ1) is 10.3. The van der Waals surface area contributed by atoms with Crippen LogP contribution in [0.3, 0.4) is 0 Å². The van der Waals surface area contributed by atoms with Crippen molar-refractivity contribution >= 4 is 5.91 Å². The molecule has 0 aromatic carbocycles. The van der Waals surface area contributed by atoms with Crippen molar-refractivity contribution in [1.29, 1.82) is 0 Å². The van der Waals surface area contributed by atoms with Crippen molar-refractivity contribution in [3.8, 4) is 0 Å². The molecule has 4 aliphatic rings. The number of hydrogen-bond donors (Lipinski definition) is 0. The molecular weight excluding hydrogens is 295 g/mol. The zero-order chi connectivity index (χ0) is 15.6. The maximum atomic E-state index is 13.1. The van der Waals surface area contributed by atoms with Crippen molar-refractivity contribution in [1.82, 2.24) is 4.90 Å². The Hall–Kier alpha value is -1.04. The zero-order valence-electron chi connectivity index (χ0n) is 12.4. The monoisotopic (exact) mass is 315 g/mol. The van der Waals surface area contributed by atoms with Gasteiger partial charge in [0.15, 0.2) is 0 Å². The van der Waals surface area contributed by atoms with Gasteiger partial charge in [0.1, 0.15) is 5.60 Å². The van der Waals surface area contributed by atoms with E-state index in [1.807, 2.05) is 12.2 Å². The minimum absolute atomic E-state index is 0.0200. The Morgan fingerprint density at radius 1 is 1.23 bits per heavy atom. The van der Waals surface area contributed by atoms with Gasteiger partial charge in [-0.25, -0.2) is 0 Å². The summed E-state index contributed by atoms with van der Waals surface area (Å²) in [5.41, 5.74) is -1.28. The van der Waals surface area contributed by atoms with E-state index in [-0.39, 0.29) is 18.6 Å². The van der Waals surface area contributed by atoms with Gasteiger partial charge in [0.25, 0.3) is 0 Å². The van der Waals surface area contributed by atoms with Gasteiger partial charge in [0, 0.05) is 5.54 Å². The van der Waals surface area contributed by atoms with E-state index in [9.17, 15) is 18.0 Å². The molecule has 3 fully saturated rings. The first kappa shape index (κ1) is 14.5. The smallest absolute Gasteiger partial charge is 0.361 e. The normalized spacial score (nSPS) is 39.3. The second-order valence-electron chi connectivity index (χ2n) is 7.28. The van der Waals surface area contributed by atoms with E-state index in [2.05, 4.69) is 0 Å². The lowest BCUT2D eigenvalue weighted by Crippen LogP contribution is -2.66. The number of hydrogen-bond acceptors (Lipinski definition) is 2. The molecular formula is C16H20F3NO2. The first-order valence-electron chi connectivity index (χ1n) is 8.11. The molecule has 1 aliphatic carbocycles. The number of nitrogens with zero attached hydrogens (tertiary/aromatic N) is 1. The minimum Gasteiger partial charge on any atom is -0.361 e. The molecule has 0 N–H and O–H groups in total. The second kappa shape index (κ2) is 4.49. The van der Waals surface area contributed by atoms with E-state index in [4.69, 9.17) is 4.74 Å². The fourth-order valence-corrected chi connectivity index (χ4v) is 5.05. The fraction of sp³-hybridized carbons (Fsp3) is 0.812. The van der Waals surface area contributed by atoms with Crippen LogP contribution in [0.25, 0.3) is 0 Å². The number of rotatable bonds is 0. The lowest BCUT2D eigenvalue weighted by atomic mass is 9.65. The molecule has 2 saturated heterocycles. The molecule has 1 saturated carbocycles. The molecule has 0 aromatic heterocycles. The van der Waals surface area contributed by atoms with Gasteiger partial charge >= 0.3 is 12.1 Å². The number of carbonyl (C=O) groups excluding carboxylic acids is 1. The Labute approximate surface area is 127 Å². The van der Waals surface area contributed by atoms with Crippen molar-refractivity contribution in [2.45, 2.75) is 68.4 Å². The maximum Gasteiger partial charge on any atom is 0.471 e. The third-order valence-corrected chi connectivity index (χ3v) is 6.05. The highest BCUT2D eigenvalue weighted by atomic mass is 19.4. The number of halogens is 3. The van der Waals surface area contributed by atoms with Crippen LogP contribution in [-0.4, -0.2) is 40.8 Å². The van der Waals surface area contributed by atoms with Crippen LogP contribution in [0.1, 0.15) is 44.9 Å². The van der Waals surface area contributed by atoms with Crippen molar-refractivity contribution < 1.29 is 22.7 Å². The summed E-state index contributed by atoms with van der Waals surface area (Å²) in [6.07, 6.45) is 4.81. The van der Waals surface area contributed by atoms with Crippen LogP contribution in [0.4, 0.5) is 13.2 Å². The minimum atomic E-state index is -4.81. The van der Waals surface area contributed by atoms with Crippen LogP contribution in [0.5, 0.6) is 0 Å². The molecule has 2 spiro atoms. The molecule has 0 radical (unpaired) electrons. The number of ether oxygens (including phenoxy) is 1. The summed E-state index contributed by atoms with van der Waals surface area (Å²) in [6.45, 7) is 0.0585. The lowest BCUT2D eigenvalue weighted by Gasteiger charge is -2.55. The van der Waals surface area contributed by atoms with E-state index < -0.39 is 23.2 Å². The largest absolute Gasteiger partial charge is 0.471 e. The van der Waals surface area contributed by atoms with Crippen LogP contribution in [-0.2, 0) is 9.53 Å². The van der Waals surface area contributed by atoms with Crippen molar-refractivity contribution in [3.05, 3.63) is 12.2 Å². The molecule has 3 nitrogen and oxygen atoms in total. The third-order valence-electron chi connectivity index (χ3n) is 6.05. The Bertz CT molecular complexity index is 524. The highest BCUT2D eigenvalue weighted by molar-refractivity contribution is 5.83. The number of alkyl halides is 3. The van der Waals surface area contributed by atoms with Crippen LogP contribution >= 0.6 is 0 Å². The molecule has 22 heavy (non-hydrogen) atoms. The fourth-order valence-electron chi connectivity index (χ4n) is 5.05. The van der Waals surface area contributed by atoms with Crippen LogP contribution in [0.2, 0.25) is 0 Å². The Morgan fingerprint density at radius 3 is 2.59 bits per heavy atom. The number of amides is 1. The molecule has 3 atom stereocenters. The zero-order valence-corrected chi connectivity index (χ0v) is 12.4. The summed E-state index contributed by atoms with van der Waals surface area (Å²) in [7, 11) is 0. The predicted octanol–water partition coefficient (Wildman–Crippen LogP) is 3.20. The summed E-state index contributed by atoms with van der Waals surface area (Å²) in [6, 6.07) is 0. The molecule has 3 heterocycles. The Morgan fingerprint density at radius 2 is 1.95 bits per heavy atom. The molecule has 4 rings (SSSR count). The van der Waals surface area contributed by atoms with Crippen LogP contribution in [0.15, 0.2) is 12.2 Å². The highest BCUT2D eigenvalue weighted by Crippen LogP contribution is 2.55. The predicted molar refractivity (Wildman–Crippen MR) is 73.1 cm³/mol. The molecule has 1 amide bonds.